The highest BCUT2D eigenvalue weighted by Crippen LogP contribution is 2.24. The zero-order valence-corrected chi connectivity index (χ0v) is 14.5. The van der Waals surface area contributed by atoms with Crippen LogP contribution < -0.4 is 10.1 Å². The van der Waals surface area contributed by atoms with Crippen molar-refractivity contribution in [2.45, 2.75) is 26.0 Å². The van der Waals surface area contributed by atoms with Crippen LogP contribution in [0.4, 0.5) is 0 Å². The lowest BCUT2D eigenvalue weighted by molar-refractivity contribution is -0.121. The van der Waals surface area contributed by atoms with Crippen molar-refractivity contribution >= 4 is 21.8 Å². The second kappa shape index (κ2) is 8.70. The first-order valence-corrected chi connectivity index (χ1v) is 8.23. The van der Waals surface area contributed by atoms with Crippen LogP contribution in [0.5, 0.6) is 5.75 Å². The third-order valence-electron chi connectivity index (χ3n) is 3.29. The summed E-state index contributed by atoms with van der Waals surface area (Å²) in [6.45, 7) is 2.12. The number of amides is 1. The first kappa shape index (κ1) is 17.5. The van der Waals surface area contributed by atoms with E-state index in [0.717, 1.165) is 15.6 Å². The lowest BCUT2D eigenvalue weighted by Crippen LogP contribution is -2.36. The molecular weight excluding hydrogens is 358 g/mol. The second-order valence-corrected chi connectivity index (χ2v) is 6.27. The van der Waals surface area contributed by atoms with Crippen molar-refractivity contribution in [2.24, 2.45) is 0 Å². The van der Waals surface area contributed by atoms with E-state index in [9.17, 15) is 4.79 Å². The molecule has 0 bridgehead atoms. The van der Waals surface area contributed by atoms with E-state index in [2.05, 4.69) is 21.2 Å². The summed E-state index contributed by atoms with van der Waals surface area (Å²) >= 11 is 3.42. The van der Waals surface area contributed by atoms with Crippen molar-refractivity contribution in [1.82, 2.24) is 5.32 Å². The predicted octanol–water partition coefficient (Wildman–Crippen LogP) is 3.07. The van der Waals surface area contributed by atoms with E-state index in [1.165, 1.54) is 0 Å². The standard InChI is InChI=1S/C18H20BrNO3/c1-13(11-21)20-18(22)10-15-9-16(19)7-8-17(15)23-12-14-5-3-2-4-6-14/h2-9,13,21H,10-12H2,1H3,(H,20,22)/t13-/m0/s1. The maximum Gasteiger partial charge on any atom is 0.224 e. The summed E-state index contributed by atoms with van der Waals surface area (Å²) in [6, 6.07) is 15.2. The lowest BCUT2D eigenvalue weighted by Gasteiger charge is -2.14. The summed E-state index contributed by atoms with van der Waals surface area (Å²) in [5, 5.41) is 11.8. The molecular formula is C18H20BrNO3. The van der Waals surface area contributed by atoms with Crippen molar-refractivity contribution in [2.75, 3.05) is 6.61 Å². The van der Waals surface area contributed by atoms with Gasteiger partial charge in [0.25, 0.3) is 0 Å². The molecule has 0 aliphatic heterocycles. The van der Waals surface area contributed by atoms with Gasteiger partial charge < -0.3 is 15.2 Å². The number of aliphatic hydroxyl groups is 1. The van der Waals surface area contributed by atoms with E-state index < -0.39 is 0 Å². The van der Waals surface area contributed by atoms with Gasteiger partial charge in [-0.05, 0) is 30.7 Å². The summed E-state index contributed by atoms with van der Waals surface area (Å²) in [6.07, 6.45) is 0.202. The van der Waals surface area contributed by atoms with Crippen LogP contribution in [0.15, 0.2) is 53.0 Å². The quantitative estimate of drug-likeness (QED) is 0.779. The average Bonchev–Trinajstić information content (AvgIpc) is 2.55. The van der Waals surface area contributed by atoms with Crippen LogP contribution in [0.2, 0.25) is 0 Å². The highest BCUT2D eigenvalue weighted by atomic mass is 79.9. The molecule has 0 radical (unpaired) electrons. The third-order valence-corrected chi connectivity index (χ3v) is 3.79. The number of hydrogen-bond acceptors (Lipinski definition) is 3. The molecule has 0 fully saturated rings. The van der Waals surface area contributed by atoms with Gasteiger partial charge in [0.2, 0.25) is 5.91 Å². The Morgan fingerprint density at radius 1 is 1.26 bits per heavy atom. The van der Waals surface area contributed by atoms with Gasteiger partial charge in [-0.2, -0.15) is 0 Å². The Kier molecular flexibility index (Phi) is 6.62. The number of halogens is 1. The number of aliphatic hydroxyl groups excluding tert-OH is 1. The summed E-state index contributed by atoms with van der Waals surface area (Å²) in [5.74, 6) is 0.540. The SMILES string of the molecule is C[C@@H](CO)NC(=O)Cc1cc(Br)ccc1OCc1ccccc1. The highest BCUT2D eigenvalue weighted by molar-refractivity contribution is 9.10. The zero-order valence-electron chi connectivity index (χ0n) is 13.0. The highest BCUT2D eigenvalue weighted by Gasteiger charge is 2.12. The summed E-state index contributed by atoms with van der Waals surface area (Å²) in [7, 11) is 0. The molecule has 2 aromatic rings. The number of nitrogens with one attached hydrogen (secondary N) is 1. The molecule has 0 saturated heterocycles. The van der Waals surface area contributed by atoms with Crippen LogP contribution in [0.3, 0.4) is 0 Å². The van der Waals surface area contributed by atoms with Gasteiger partial charge in [-0.15, -0.1) is 0 Å². The van der Waals surface area contributed by atoms with Gasteiger partial charge in [-0.3, -0.25) is 4.79 Å². The molecule has 23 heavy (non-hydrogen) atoms. The monoisotopic (exact) mass is 377 g/mol. The number of benzene rings is 2. The van der Waals surface area contributed by atoms with Crippen LogP contribution in [0, 0.1) is 0 Å². The Morgan fingerprint density at radius 3 is 2.70 bits per heavy atom. The van der Waals surface area contributed by atoms with Gasteiger partial charge in [-0.25, -0.2) is 0 Å². The molecule has 1 atom stereocenters. The predicted molar refractivity (Wildman–Crippen MR) is 93.3 cm³/mol. The molecule has 0 aliphatic carbocycles. The molecule has 2 N–H and O–H groups in total. The van der Waals surface area contributed by atoms with Gasteiger partial charge >= 0.3 is 0 Å². The third kappa shape index (κ3) is 5.69. The summed E-state index contributed by atoms with van der Waals surface area (Å²) < 4.78 is 6.75. The fourth-order valence-corrected chi connectivity index (χ4v) is 2.52. The van der Waals surface area contributed by atoms with E-state index in [1.54, 1.807) is 6.92 Å². The Balaban J connectivity index is 2.06. The first-order chi connectivity index (χ1) is 11.1. The number of rotatable bonds is 7. The molecule has 1 amide bonds. The zero-order chi connectivity index (χ0) is 16.7. The molecule has 122 valence electrons. The number of carbonyl (C=O) groups is 1. The molecule has 4 nitrogen and oxygen atoms in total. The second-order valence-electron chi connectivity index (χ2n) is 5.35. The molecule has 0 heterocycles. The molecule has 0 aliphatic rings. The number of hydrogen-bond donors (Lipinski definition) is 2. The molecule has 0 saturated carbocycles. The van der Waals surface area contributed by atoms with Crippen LogP contribution in [-0.4, -0.2) is 23.7 Å². The minimum Gasteiger partial charge on any atom is -0.489 e. The maximum absolute atomic E-state index is 12.0. The van der Waals surface area contributed by atoms with E-state index in [0.29, 0.717) is 12.4 Å². The van der Waals surface area contributed by atoms with Crippen molar-refractivity contribution in [3.8, 4) is 5.75 Å². The van der Waals surface area contributed by atoms with E-state index >= 15 is 0 Å². The molecule has 5 heteroatoms. The Labute approximate surface area is 144 Å². The minimum atomic E-state index is -0.261. The largest absolute Gasteiger partial charge is 0.489 e. The summed E-state index contributed by atoms with van der Waals surface area (Å²) in [4.78, 5) is 12.0. The van der Waals surface area contributed by atoms with E-state index in [-0.39, 0.29) is 25.0 Å². The van der Waals surface area contributed by atoms with E-state index in [4.69, 9.17) is 9.84 Å². The molecule has 2 rings (SSSR count). The van der Waals surface area contributed by atoms with Crippen molar-refractivity contribution in [3.05, 3.63) is 64.1 Å². The molecule has 0 spiro atoms. The van der Waals surface area contributed by atoms with Gasteiger partial charge in [0, 0.05) is 16.1 Å². The van der Waals surface area contributed by atoms with Crippen molar-refractivity contribution in [3.63, 3.8) is 0 Å². The molecule has 0 aromatic heterocycles. The van der Waals surface area contributed by atoms with Gasteiger partial charge in [0.1, 0.15) is 12.4 Å². The Hall–Kier alpha value is -1.85. The number of ether oxygens (including phenoxy) is 1. The van der Waals surface area contributed by atoms with Crippen LogP contribution in [0.25, 0.3) is 0 Å². The lowest BCUT2D eigenvalue weighted by atomic mass is 10.1. The van der Waals surface area contributed by atoms with Crippen molar-refractivity contribution < 1.29 is 14.6 Å². The molecule has 0 unspecified atom stereocenters. The fraction of sp³-hybridized carbons (Fsp3) is 0.278. The maximum atomic E-state index is 12.0. The fourth-order valence-electron chi connectivity index (χ4n) is 2.11. The number of carbonyl (C=O) groups excluding carboxylic acids is 1. The Morgan fingerprint density at radius 2 is 2.00 bits per heavy atom. The topological polar surface area (TPSA) is 58.6 Å². The van der Waals surface area contributed by atoms with Crippen LogP contribution in [0.1, 0.15) is 18.1 Å². The van der Waals surface area contributed by atoms with Gasteiger partial charge in [0.15, 0.2) is 0 Å². The normalized spacial score (nSPS) is 11.8. The van der Waals surface area contributed by atoms with Crippen LogP contribution >= 0.6 is 15.9 Å². The minimum absolute atomic E-state index is 0.0818. The van der Waals surface area contributed by atoms with Gasteiger partial charge in [0.05, 0.1) is 13.0 Å². The van der Waals surface area contributed by atoms with Gasteiger partial charge in [-0.1, -0.05) is 46.3 Å². The Bertz CT molecular complexity index is 646. The average molecular weight is 378 g/mol. The van der Waals surface area contributed by atoms with Crippen LogP contribution in [-0.2, 0) is 17.8 Å². The van der Waals surface area contributed by atoms with E-state index in [1.807, 2.05) is 48.5 Å². The molecule has 2 aromatic carbocycles. The van der Waals surface area contributed by atoms with Crippen molar-refractivity contribution in [1.29, 1.82) is 0 Å². The smallest absolute Gasteiger partial charge is 0.224 e. The first-order valence-electron chi connectivity index (χ1n) is 7.44. The summed E-state index contributed by atoms with van der Waals surface area (Å²) in [5.41, 5.74) is 1.87.